The molecule has 2 aromatic rings. The summed E-state index contributed by atoms with van der Waals surface area (Å²) in [7, 11) is 1.71. The second kappa shape index (κ2) is 4.80. The maximum Gasteiger partial charge on any atom is 0.128 e. The zero-order valence-electron chi connectivity index (χ0n) is 10.7. The lowest BCUT2D eigenvalue weighted by Crippen LogP contribution is -2.13. The molecular formula is C14H20N2O. The standard InChI is InChI=1S/C14H20N2O/c1-4-16-12-6-5-7-14(17-3)11(12)8-13(16)10(2)9-15/h5-8,10H,4,9,15H2,1-3H3. The number of aryl methyl sites for hydroxylation is 1. The van der Waals surface area contributed by atoms with Gasteiger partial charge in [0.2, 0.25) is 0 Å². The van der Waals surface area contributed by atoms with Crippen molar-refractivity contribution in [1.29, 1.82) is 0 Å². The second-order valence-electron chi connectivity index (χ2n) is 4.34. The quantitative estimate of drug-likeness (QED) is 0.880. The largest absolute Gasteiger partial charge is 0.496 e. The number of nitrogens with two attached hydrogens (primary N) is 1. The highest BCUT2D eigenvalue weighted by molar-refractivity contribution is 5.87. The third kappa shape index (κ3) is 1.91. The van der Waals surface area contributed by atoms with E-state index in [2.05, 4.69) is 30.5 Å². The predicted octanol–water partition coefficient (Wildman–Crippen LogP) is 2.73. The minimum Gasteiger partial charge on any atom is -0.496 e. The smallest absolute Gasteiger partial charge is 0.128 e. The van der Waals surface area contributed by atoms with Crippen LogP contribution in [-0.4, -0.2) is 18.2 Å². The van der Waals surface area contributed by atoms with Gasteiger partial charge in [0.05, 0.1) is 12.6 Å². The fourth-order valence-corrected chi connectivity index (χ4v) is 2.34. The Morgan fingerprint density at radius 2 is 2.18 bits per heavy atom. The van der Waals surface area contributed by atoms with E-state index in [0.29, 0.717) is 12.5 Å². The van der Waals surface area contributed by atoms with Gasteiger partial charge in [-0.1, -0.05) is 13.0 Å². The number of ether oxygens (including phenoxy) is 1. The number of nitrogens with zero attached hydrogens (tertiary/aromatic N) is 1. The van der Waals surface area contributed by atoms with Crippen LogP contribution < -0.4 is 10.5 Å². The second-order valence-corrected chi connectivity index (χ2v) is 4.34. The van der Waals surface area contributed by atoms with E-state index >= 15 is 0 Å². The molecule has 0 spiro atoms. The highest BCUT2D eigenvalue weighted by Gasteiger charge is 2.14. The topological polar surface area (TPSA) is 40.2 Å². The number of benzene rings is 1. The first-order chi connectivity index (χ1) is 8.22. The van der Waals surface area contributed by atoms with Gasteiger partial charge in [0.25, 0.3) is 0 Å². The van der Waals surface area contributed by atoms with E-state index in [1.54, 1.807) is 7.11 Å². The van der Waals surface area contributed by atoms with Crippen LogP contribution in [0.25, 0.3) is 10.9 Å². The lowest BCUT2D eigenvalue weighted by atomic mass is 10.1. The maximum atomic E-state index is 5.78. The van der Waals surface area contributed by atoms with Gasteiger partial charge in [-0.05, 0) is 25.1 Å². The minimum absolute atomic E-state index is 0.368. The fraction of sp³-hybridized carbons (Fsp3) is 0.429. The van der Waals surface area contributed by atoms with Crippen molar-refractivity contribution in [2.24, 2.45) is 5.73 Å². The van der Waals surface area contributed by atoms with Crippen LogP contribution in [0.2, 0.25) is 0 Å². The summed E-state index contributed by atoms with van der Waals surface area (Å²) in [5.41, 5.74) is 8.29. The molecule has 0 bridgehead atoms. The molecule has 3 nitrogen and oxygen atoms in total. The summed E-state index contributed by atoms with van der Waals surface area (Å²) < 4.78 is 7.72. The number of hydrogen-bond donors (Lipinski definition) is 1. The van der Waals surface area contributed by atoms with Crippen LogP contribution in [0, 0.1) is 0 Å². The van der Waals surface area contributed by atoms with Gasteiger partial charge < -0.3 is 15.0 Å². The maximum absolute atomic E-state index is 5.78. The Labute approximate surface area is 102 Å². The van der Waals surface area contributed by atoms with Gasteiger partial charge in [-0.15, -0.1) is 0 Å². The normalized spacial score (nSPS) is 12.9. The lowest BCUT2D eigenvalue weighted by molar-refractivity contribution is 0.420. The van der Waals surface area contributed by atoms with E-state index in [-0.39, 0.29) is 0 Å². The molecule has 92 valence electrons. The highest BCUT2D eigenvalue weighted by Crippen LogP contribution is 2.31. The lowest BCUT2D eigenvalue weighted by Gasteiger charge is -2.12. The van der Waals surface area contributed by atoms with Crippen LogP contribution in [0.15, 0.2) is 24.3 Å². The van der Waals surface area contributed by atoms with E-state index in [9.17, 15) is 0 Å². The summed E-state index contributed by atoms with van der Waals surface area (Å²) in [6.45, 7) is 5.94. The molecule has 0 radical (unpaired) electrons. The first-order valence-electron chi connectivity index (χ1n) is 6.09. The van der Waals surface area contributed by atoms with Crippen LogP contribution in [0.1, 0.15) is 25.5 Å². The minimum atomic E-state index is 0.368. The van der Waals surface area contributed by atoms with Crippen molar-refractivity contribution in [3.05, 3.63) is 30.0 Å². The van der Waals surface area contributed by atoms with Gasteiger partial charge in [-0.2, -0.15) is 0 Å². The molecule has 0 saturated carbocycles. The molecule has 0 fully saturated rings. The summed E-state index contributed by atoms with van der Waals surface area (Å²) in [6.07, 6.45) is 0. The summed E-state index contributed by atoms with van der Waals surface area (Å²) in [4.78, 5) is 0. The Hall–Kier alpha value is -1.48. The highest BCUT2D eigenvalue weighted by atomic mass is 16.5. The van der Waals surface area contributed by atoms with Crippen LogP contribution >= 0.6 is 0 Å². The summed E-state index contributed by atoms with van der Waals surface area (Å²) >= 11 is 0. The monoisotopic (exact) mass is 232 g/mol. The number of methoxy groups -OCH3 is 1. The Morgan fingerprint density at radius 3 is 2.76 bits per heavy atom. The van der Waals surface area contributed by atoms with Gasteiger partial charge >= 0.3 is 0 Å². The molecule has 0 aliphatic rings. The summed E-state index contributed by atoms with van der Waals surface area (Å²) in [5.74, 6) is 1.30. The SMILES string of the molecule is CCn1c(C(C)CN)cc2c(OC)cccc21. The third-order valence-corrected chi connectivity index (χ3v) is 3.33. The molecule has 1 heterocycles. The van der Waals surface area contributed by atoms with Crippen LogP contribution in [-0.2, 0) is 6.54 Å². The van der Waals surface area contributed by atoms with Gasteiger partial charge in [-0.3, -0.25) is 0 Å². The molecule has 0 saturated heterocycles. The van der Waals surface area contributed by atoms with E-state index in [1.165, 1.54) is 16.6 Å². The van der Waals surface area contributed by atoms with Crippen molar-refractivity contribution in [2.75, 3.05) is 13.7 Å². The average Bonchev–Trinajstić information content (AvgIpc) is 2.75. The molecule has 0 aliphatic carbocycles. The third-order valence-electron chi connectivity index (χ3n) is 3.33. The Morgan fingerprint density at radius 1 is 1.41 bits per heavy atom. The number of aromatic nitrogens is 1. The van der Waals surface area contributed by atoms with Crippen LogP contribution in [0.5, 0.6) is 5.75 Å². The Bertz CT molecular complexity index is 516. The molecule has 2 rings (SSSR count). The van der Waals surface area contributed by atoms with Crippen molar-refractivity contribution in [3.8, 4) is 5.75 Å². The van der Waals surface area contributed by atoms with E-state index in [0.717, 1.165) is 12.3 Å². The van der Waals surface area contributed by atoms with Gasteiger partial charge in [-0.25, -0.2) is 0 Å². The van der Waals surface area contributed by atoms with Crippen molar-refractivity contribution in [1.82, 2.24) is 4.57 Å². The summed E-state index contributed by atoms with van der Waals surface area (Å²) in [6, 6.07) is 8.37. The van der Waals surface area contributed by atoms with Crippen molar-refractivity contribution in [3.63, 3.8) is 0 Å². The van der Waals surface area contributed by atoms with Crippen molar-refractivity contribution in [2.45, 2.75) is 26.3 Å². The molecule has 0 aliphatic heterocycles. The molecule has 3 heteroatoms. The zero-order valence-corrected chi connectivity index (χ0v) is 10.7. The molecule has 1 aromatic carbocycles. The number of hydrogen-bond acceptors (Lipinski definition) is 2. The van der Waals surface area contributed by atoms with E-state index in [1.807, 2.05) is 12.1 Å². The average molecular weight is 232 g/mol. The van der Waals surface area contributed by atoms with Crippen LogP contribution in [0.3, 0.4) is 0 Å². The first kappa shape index (κ1) is 12.0. The molecule has 1 unspecified atom stereocenters. The molecule has 1 atom stereocenters. The van der Waals surface area contributed by atoms with Crippen molar-refractivity contribution >= 4 is 10.9 Å². The molecule has 1 aromatic heterocycles. The molecule has 0 amide bonds. The molecular weight excluding hydrogens is 212 g/mol. The van der Waals surface area contributed by atoms with Gasteiger partial charge in [0.1, 0.15) is 5.75 Å². The van der Waals surface area contributed by atoms with Crippen LogP contribution in [0.4, 0.5) is 0 Å². The fourth-order valence-electron chi connectivity index (χ4n) is 2.34. The zero-order chi connectivity index (χ0) is 12.4. The number of fused-ring (bicyclic) bond motifs is 1. The van der Waals surface area contributed by atoms with E-state index < -0.39 is 0 Å². The Balaban J connectivity index is 2.69. The molecule has 17 heavy (non-hydrogen) atoms. The summed E-state index contributed by atoms with van der Waals surface area (Å²) in [5, 5.41) is 1.17. The Kier molecular flexibility index (Phi) is 3.38. The van der Waals surface area contributed by atoms with Crippen molar-refractivity contribution < 1.29 is 4.74 Å². The first-order valence-corrected chi connectivity index (χ1v) is 6.09. The van der Waals surface area contributed by atoms with E-state index in [4.69, 9.17) is 10.5 Å². The predicted molar refractivity (Wildman–Crippen MR) is 71.6 cm³/mol. The molecule has 2 N–H and O–H groups in total. The van der Waals surface area contributed by atoms with Gasteiger partial charge in [0, 0.05) is 30.1 Å². The number of rotatable bonds is 4. The van der Waals surface area contributed by atoms with Gasteiger partial charge in [0.15, 0.2) is 0 Å².